The van der Waals surface area contributed by atoms with E-state index in [1.54, 1.807) is 11.3 Å². The van der Waals surface area contributed by atoms with Crippen molar-refractivity contribution in [3.63, 3.8) is 0 Å². The van der Waals surface area contributed by atoms with Crippen LogP contribution in [-0.4, -0.2) is 44.4 Å². The van der Waals surface area contributed by atoms with Gasteiger partial charge in [0, 0.05) is 37.3 Å². The van der Waals surface area contributed by atoms with E-state index in [1.165, 1.54) is 12.1 Å². The summed E-state index contributed by atoms with van der Waals surface area (Å²) >= 11 is 1.63. The number of nitrogens with zero attached hydrogens (tertiary/aromatic N) is 2. The molecule has 26 heavy (non-hydrogen) atoms. The van der Waals surface area contributed by atoms with Crippen LogP contribution in [0, 0.1) is 0 Å². The third kappa shape index (κ3) is 5.33. The molecule has 1 aromatic heterocycles. The van der Waals surface area contributed by atoms with Crippen LogP contribution >= 0.6 is 11.3 Å². The first-order chi connectivity index (χ1) is 12.5. The van der Waals surface area contributed by atoms with Gasteiger partial charge >= 0.3 is 6.18 Å². The Morgan fingerprint density at radius 3 is 2.85 bits per heavy atom. The Morgan fingerprint density at radius 2 is 2.08 bits per heavy atom. The smallest absolute Gasteiger partial charge is 0.416 e. The van der Waals surface area contributed by atoms with Gasteiger partial charge in [0.15, 0.2) is 5.13 Å². The summed E-state index contributed by atoms with van der Waals surface area (Å²) in [5.74, 6) is 0.217. The molecule has 5 nitrogen and oxygen atoms in total. The predicted octanol–water partition coefficient (Wildman–Crippen LogP) is 3.17. The number of anilines is 1. The molecule has 2 heterocycles. The molecule has 3 rings (SSSR count). The minimum absolute atomic E-state index is 0.217. The predicted molar refractivity (Wildman–Crippen MR) is 93.8 cm³/mol. The zero-order valence-corrected chi connectivity index (χ0v) is 14.9. The van der Waals surface area contributed by atoms with Crippen LogP contribution < -0.4 is 15.0 Å². The normalized spacial score (nSPS) is 15.3. The van der Waals surface area contributed by atoms with Crippen molar-refractivity contribution >= 4 is 16.5 Å². The van der Waals surface area contributed by atoms with Crippen LogP contribution in [0.2, 0.25) is 0 Å². The molecular weight excluding hydrogens is 367 g/mol. The molecule has 1 saturated heterocycles. The van der Waals surface area contributed by atoms with Gasteiger partial charge in [-0.05, 0) is 18.2 Å². The fourth-order valence-corrected chi connectivity index (χ4v) is 3.43. The van der Waals surface area contributed by atoms with E-state index in [-0.39, 0.29) is 12.4 Å². The van der Waals surface area contributed by atoms with Crippen LogP contribution in [0.3, 0.4) is 0 Å². The van der Waals surface area contributed by atoms with E-state index < -0.39 is 11.7 Å². The summed E-state index contributed by atoms with van der Waals surface area (Å²) < 4.78 is 48.7. The molecule has 1 aliphatic rings. The van der Waals surface area contributed by atoms with E-state index in [1.807, 2.05) is 6.20 Å². The lowest BCUT2D eigenvalue weighted by atomic mass is 10.2. The molecule has 1 fully saturated rings. The first kappa shape index (κ1) is 18.9. The Morgan fingerprint density at radius 1 is 1.27 bits per heavy atom. The topological polar surface area (TPSA) is 46.6 Å². The monoisotopic (exact) mass is 387 g/mol. The van der Waals surface area contributed by atoms with Crippen LogP contribution in [0.5, 0.6) is 5.75 Å². The van der Waals surface area contributed by atoms with Gasteiger partial charge in [0.1, 0.15) is 12.4 Å². The van der Waals surface area contributed by atoms with Gasteiger partial charge in [0.2, 0.25) is 0 Å². The Hall–Kier alpha value is -1.84. The molecule has 0 spiro atoms. The number of nitrogens with one attached hydrogen (secondary N) is 1. The van der Waals surface area contributed by atoms with Gasteiger partial charge in [-0.1, -0.05) is 6.07 Å². The first-order valence-corrected chi connectivity index (χ1v) is 9.12. The summed E-state index contributed by atoms with van der Waals surface area (Å²) in [5, 5.41) is 4.20. The standard InChI is InChI=1S/C17H20F3N3O2S/c18-17(19,20)13-2-1-3-14(10-13)25-7-4-21-11-15-12-22-16(26-15)23-5-8-24-9-6-23/h1-3,10,12,21H,4-9,11H2. The number of morpholine rings is 1. The van der Waals surface area contributed by atoms with Crippen molar-refractivity contribution in [2.45, 2.75) is 12.7 Å². The van der Waals surface area contributed by atoms with Crippen LogP contribution in [0.25, 0.3) is 0 Å². The number of alkyl halides is 3. The molecular formula is C17H20F3N3O2S. The highest BCUT2D eigenvalue weighted by molar-refractivity contribution is 7.15. The summed E-state index contributed by atoms with van der Waals surface area (Å²) in [6.45, 7) is 4.61. The molecule has 142 valence electrons. The van der Waals surface area contributed by atoms with Crippen LogP contribution in [-0.2, 0) is 17.5 Å². The van der Waals surface area contributed by atoms with E-state index >= 15 is 0 Å². The highest BCUT2D eigenvalue weighted by Gasteiger charge is 2.30. The molecule has 1 aromatic carbocycles. The van der Waals surface area contributed by atoms with Gasteiger partial charge in [0.05, 0.1) is 18.8 Å². The number of hydrogen-bond acceptors (Lipinski definition) is 6. The lowest BCUT2D eigenvalue weighted by molar-refractivity contribution is -0.137. The number of benzene rings is 1. The summed E-state index contributed by atoms with van der Waals surface area (Å²) in [7, 11) is 0. The van der Waals surface area contributed by atoms with Gasteiger partial charge < -0.3 is 19.7 Å². The summed E-state index contributed by atoms with van der Waals surface area (Å²) in [5.41, 5.74) is -0.705. The third-order valence-corrected chi connectivity index (χ3v) is 4.89. The van der Waals surface area contributed by atoms with Crippen molar-refractivity contribution in [1.29, 1.82) is 0 Å². The average Bonchev–Trinajstić information content (AvgIpc) is 3.11. The van der Waals surface area contributed by atoms with E-state index in [0.29, 0.717) is 13.1 Å². The van der Waals surface area contributed by atoms with Crippen molar-refractivity contribution in [3.05, 3.63) is 40.9 Å². The van der Waals surface area contributed by atoms with Gasteiger partial charge in [-0.25, -0.2) is 4.98 Å². The van der Waals surface area contributed by atoms with E-state index in [4.69, 9.17) is 9.47 Å². The molecule has 1 N–H and O–H groups in total. The van der Waals surface area contributed by atoms with Crippen molar-refractivity contribution < 1.29 is 22.6 Å². The summed E-state index contributed by atoms with van der Waals surface area (Å²) in [6.07, 6.45) is -2.52. The SMILES string of the molecule is FC(F)(F)c1cccc(OCCNCc2cnc(N3CCOCC3)s2)c1. The fourth-order valence-electron chi connectivity index (χ4n) is 2.49. The Labute approximate surface area is 153 Å². The van der Waals surface area contributed by atoms with Crippen molar-refractivity contribution in [1.82, 2.24) is 10.3 Å². The van der Waals surface area contributed by atoms with Gasteiger partial charge in [-0.3, -0.25) is 0 Å². The van der Waals surface area contributed by atoms with Gasteiger partial charge in [-0.2, -0.15) is 13.2 Å². The largest absolute Gasteiger partial charge is 0.492 e. The number of hydrogen-bond donors (Lipinski definition) is 1. The molecule has 1 aliphatic heterocycles. The zero-order valence-electron chi connectivity index (χ0n) is 14.1. The summed E-state index contributed by atoms with van der Waals surface area (Å²) in [6, 6.07) is 4.90. The van der Waals surface area contributed by atoms with Crippen molar-refractivity contribution in [2.24, 2.45) is 0 Å². The number of thiazole rings is 1. The molecule has 0 amide bonds. The fraction of sp³-hybridized carbons (Fsp3) is 0.471. The first-order valence-electron chi connectivity index (χ1n) is 8.30. The third-order valence-electron chi connectivity index (χ3n) is 3.83. The van der Waals surface area contributed by atoms with Crippen LogP contribution in [0.15, 0.2) is 30.5 Å². The molecule has 0 aliphatic carbocycles. The van der Waals surface area contributed by atoms with E-state index in [0.717, 1.165) is 48.4 Å². The highest BCUT2D eigenvalue weighted by Crippen LogP contribution is 2.31. The molecule has 0 radical (unpaired) electrons. The van der Waals surface area contributed by atoms with E-state index in [2.05, 4.69) is 15.2 Å². The minimum Gasteiger partial charge on any atom is -0.492 e. The molecule has 2 aromatic rings. The number of rotatable bonds is 7. The highest BCUT2D eigenvalue weighted by atomic mass is 32.1. The number of aromatic nitrogens is 1. The van der Waals surface area contributed by atoms with Crippen molar-refractivity contribution in [2.75, 3.05) is 44.4 Å². The molecule has 9 heteroatoms. The second-order valence-electron chi connectivity index (χ2n) is 5.76. The Balaban J connectivity index is 1.39. The quantitative estimate of drug-likeness (QED) is 0.740. The second-order valence-corrected chi connectivity index (χ2v) is 6.85. The molecule has 0 atom stereocenters. The van der Waals surface area contributed by atoms with Crippen molar-refractivity contribution in [3.8, 4) is 5.75 Å². The maximum Gasteiger partial charge on any atom is 0.416 e. The average molecular weight is 387 g/mol. The summed E-state index contributed by atoms with van der Waals surface area (Å²) in [4.78, 5) is 7.74. The molecule has 0 bridgehead atoms. The Kier molecular flexibility index (Phi) is 6.33. The van der Waals surface area contributed by atoms with Crippen LogP contribution in [0.1, 0.15) is 10.4 Å². The molecule has 0 saturated carbocycles. The van der Waals surface area contributed by atoms with Crippen LogP contribution in [0.4, 0.5) is 18.3 Å². The maximum atomic E-state index is 12.7. The second kappa shape index (κ2) is 8.70. The Bertz CT molecular complexity index is 703. The maximum absolute atomic E-state index is 12.7. The lowest BCUT2D eigenvalue weighted by Crippen LogP contribution is -2.36. The van der Waals surface area contributed by atoms with E-state index in [9.17, 15) is 13.2 Å². The number of halogens is 3. The lowest BCUT2D eigenvalue weighted by Gasteiger charge is -2.25. The van der Waals surface area contributed by atoms with Gasteiger partial charge in [-0.15, -0.1) is 11.3 Å². The zero-order chi connectivity index (χ0) is 18.4. The number of ether oxygens (including phenoxy) is 2. The molecule has 0 unspecified atom stereocenters. The van der Waals surface area contributed by atoms with Gasteiger partial charge in [0.25, 0.3) is 0 Å². The minimum atomic E-state index is -4.36.